The Morgan fingerprint density at radius 2 is 1.15 bits per heavy atom. The summed E-state index contributed by atoms with van der Waals surface area (Å²) in [7, 11) is 0. The van der Waals surface area contributed by atoms with Gasteiger partial charge in [0, 0.05) is 5.56 Å². The van der Waals surface area contributed by atoms with Crippen molar-refractivity contribution in [2.75, 3.05) is 0 Å². The lowest BCUT2D eigenvalue weighted by atomic mass is 9.88. The molecule has 11 heteroatoms. The van der Waals surface area contributed by atoms with E-state index >= 15 is 0 Å². The summed E-state index contributed by atoms with van der Waals surface area (Å²) in [5.41, 5.74) is -8.57. The molecule has 156 valence electrons. The van der Waals surface area contributed by atoms with E-state index in [2.05, 4.69) is 4.74 Å². The number of para-hydroxylation sites is 1. The first-order chi connectivity index (χ1) is 11.9. The summed E-state index contributed by atoms with van der Waals surface area (Å²) in [4.78, 5) is 0. The highest BCUT2D eigenvalue weighted by Gasteiger charge is 2.75. The van der Waals surface area contributed by atoms with Crippen LogP contribution in [0.1, 0.15) is 38.8 Å². The molecule has 1 aromatic carbocycles. The van der Waals surface area contributed by atoms with Crippen molar-refractivity contribution >= 4 is 0 Å². The van der Waals surface area contributed by atoms with Crippen molar-refractivity contribution in [2.24, 2.45) is 0 Å². The predicted molar refractivity (Wildman–Crippen MR) is 77.2 cm³/mol. The fourth-order valence-corrected chi connectivity index (χ4v) is 2.42. The van der Waals surface area contributed by atoms with Gasteiger partial charge in [-0.15, -0.1) is 0 Å². The molecule has 0 radical (unpaired) electrons. The fraction of sp³-hybridized carbons (Fsp3) is 0.625. The lowest BCUT2D eigenvalue weighted by Gasteiger charge is -2.40. The molecule has 0 saturated heterocycles. The SMILES string of the molecule is CC(C)Oc1c(C(F)(F)F)cccc1C(OC(C)C)(C(F)(F)F)C(F)(F)F. The van der Waals surface area contributed by atoms with E-state index in [1.807, 2.05) is 0 Å². The van der Waals surface area contributed by atoms with Gasteiger partial charge in [0.05, 0.1) is 17.8 Å². The molecule has 0 aliphatic rings. The Bertz CT molecular complexity index is 629. The Labute approximate surface area is 149 Å². The maximum Gasteiger partial charge on any atom is 0.431 e. The summed E-state index contributed by atoms with van der Waals surface area (Å²) in [6.45, 7) is 4.15. The molecule has 2 nitrogen and oxygen atoms in total. The number of ether oxygens (including phenoxy) is 2. The Balaban J connectivity index is 4.03. The highest BCUT2D eigenvalue weighted by molar-refractivity contribution is 5.48. The van der Waals surface area contributed by atoms with Crippen molar-refractivity contribution in [3.8, 4) is 5.75 Å². The van der Waals surface area contributed by atoms with Crippen LogP contribution in [-0.4, -0.2) is 24.6 Å². The van der Waals surface area contributed by atoms with Crippen molar-refractivity contribution in [3.05, 3.63) is 29.3 Å². The Morgan fingerprint density at radius 3 is 1.48 bits per heavy atom. The third kappa shape index (κ3) is 4.61. The quantitative estimate of drug-likeness (QED) is 0.534. The van der Waals surface area contributed by atoms with Crippen LogP contribution in [0.15, 0.2) is 18.2 Å². The van der Waals surface area contributed by atoms with Gasteiger partial charge in [0.15, 0.2) is 0 Å². The smallest absolute Gasteiger partial charge is 0.431 e. The summed E-state index contributed by atoms with van der Waals surface area (Å²) in [6, 6.07) is 1.06. The first kappa shape index (κ1) is 23.4. The minimum atomic E-state index is -6.12. The first-order valence-corrected chi connectivity index (χ1v) is 7.63. The zero-order chi connectivity index (χ0) is 21.4. The van der Waals surface area contributed by atoms with Crippen molar-refractivity contribution in [3.63, 3.8) is 0 Å². The van der Waals surface area contributed by atoms with Gasteiger partial charge in [0.2, 0.25) is 0 Å². The van der Waals surface area contributed by atoms with Gasteiger partial charge in [-0.1, -0.05) is 12.1 Å². The second-order valence-electron chi connectivity index (χ2n) is 6.19. The third-order valence-corrected chi connectivity index (χ3v) is 3.26. The van der Waals surface area contributed by atoms with Gasteiger partial charge in [-0.2, -0.15) is 39.5 Å². The van der Waals surface area contributed by atoms with E-state index in [0.29, 0.717) is 12.1 Å². The topological polar surface area (TPSA) is 18.5 Å². The van der Waals surface area contributed by atoms with Crippen LogP contribution in [0.5, 0.6) is 5.75 Å². The summed E-state index contributed by atoms with van der Waals surface area (Å²) in [6.07, 6.45) is -20.2. The summed E-state index contributed by atoms with van der Waals surface area (Å²) >= 11 is 0. The zero-order valence-corrected chi connectivity index (χ0v) is 14.6. The molecular formula is C16H17F9O2. The molecular weight excluding hydrogens is 395 g/mol. The summed E-state index contributed by atoms with van der Waals surface area (Å²) in [5, 5.41) is 0. The molecule has 0 bridgehead atoms. The predicted octanol–water partition coefficient (Wildman–Crippen LogP) is 6.24. The minimum Gasteiger partial charge on any atom is -0.490 e. The van der Waals surface area contributed by atoms with E-state index < -0.39 is 53.2 Å². The molecule has 0 aliphatic carbocycles. The molecule has 0 N–H and O–H groups in total. The number of benzene rings is 1. The average Bonchev–Trinajstić information content (AvgIpc) is 2.40. The van der Waals surface area contributed by atoms with Gasteiger partial charge in [-0.05, 0) is 33.8 Å². The van der Waals surface area contributed by atoms with Crippen LogP contribution in [0.4, 0.5) is 39.5 Å². The second-order valence-corrected chi connectivity index (χ2v) is 6.19. The van der Waals surface area contributed by atoms with Crippen LogP contribution in [0.25, 0.3) is 0 Å². The highest BCUT2D eigenvalue weighted by Crippen LogP contribution is 2.57. The van der Waals surface area contributed by atoms with Crippen molar-refractivity contribution < 1.29 is 49.0 Å². The largest absolute Gasteiger partial charge is 0.490 e. The molecule has 0 aromatic heterocycles. The van der Waals surface area contributed by atoms with Gasteiger partial charge in [-0.25, -0.2) is 0 Å². The molecule has 27 heavy (non-hydrogen) atoms. The summed E-state index contributed by atoms with van der Waals surface area (Å²) < 4.78 is 131. The number of hydrogen-bond acceptors (Lipinski definition) is 2. The Kier molecular flexibility index (Phi) is 6.41. The minimum absolute atomic E-state index is 0.274. The maximum absolute atomic E-state index is 13.7. The van der Waals surface area contributed by atoms with Crippen LogP contribution in [0, 0.1) is 0 Å². The van der Waals surface area contributed by atoms with Crippen LogP contribution in [0.2, 0.25) is 0 Å². The van der Waals surface area contributed by atoms with Gasteiger partial charge in [0.25, 0.3) is 5.60 Å². The van der Waals surface area contributed by atoms with Crippen molar-refractivity contribution in [2.45, 2.75) is 64.0 Å². The Hall–Kier alpha value is -1.65. The Morgan fingerprint density at radius 1 is 0.704 bits per heavy atom. The standard InChI is InChI=1S/C16H17F9O2/c1-8(2)26-12-10(6-5-7-11(12)14(17,18)19)13(15(20,21)22,16(23,24)25)27-9(3)4/h5-9H,1-4H3. The van der Waals surface area contributed by atoms with Gasteiger partial charge in [-0.3, -0.25) is 0 Å². The highest BCUT2D eigenvalue weighted by atomic mass is 19.4. The molecule has 1 rings (SSSR count). The molecule has 0 heterocycles. The number of rotatable bonds is 5. The van der Waals surface area contributed by atoms with E-state index in [1.54, 1.807) is 0 Å². The normalized spacial score (nSPS) is 14.2. The number of alkyl halides is 9. The fourth-order valence-electron chi connectivity index (χ4n) is 2.42. The van der Waals surface area contributed by atoms with E-state index in [4.69, 9.17) is 4.74 Å². The molecule has 0 spiro atoms. The van der Waals surface area contributed by atoms with Gasteiger partial charge >= 0.3 is 18.5 Å². The van der Waals surface area contributed by atoms with Crippen LogP contribution < -0.4 is 4.74 Å². The molecule has 0 amide bonds. The molecule has 0 fully saturated rings. The van der Waals surface area contributed by atoms with E-state index in [0.717, 1.165) is 13.8 Å². The van der Waals surface area contributed by atoms with Crippen molar-refractivity contribution in [1.82, 2.24) is 0 Å². The molecule has 0 saturated carbocycles. The third-order valence-electron chi connectivity index (χ3n) is 3.26. The van der Waals surface area contributed by atoms with E-state index in [-0.39, 0.29) is 6.07 Å². The number of halogens is 9. The van der Waals surface area contributed by atoms with Gasteiger partial charge in [0.1, 0.15) is 5.75 Å². The van der Waals surface area contributed by atoms with Crippen LogP contribution >= 0.6 is 0 Å². The molecule has 0 unspecified atom stereocenters. The lowest BCUT2D eigenvalue weighted by Crippen LogP contribution is -2.57. The van der Waals surface area contributed by atoms with E-state index in [1.165, 1.54) is 13.8 Å². The molecule has 0 aliphatic heterocycles. The number of hydrogen-bond donors (Lipinski definition) is 0. The van der Waals surface area contributed by atoms with Crippen molar-refractivity contribution in [1.29, 1.82) is 0 Å². The summed E-state index contributed by atoms with van der Waals surface area (Å²) in [5.74, 6) is -1.57. The zero-order valence-electron chi connectivity index (χ0n) is 14.6. The molecule has 0 atom stereocenters. The molecule has 1 aromatic rings. The first-order valence-electron chi connectivity index (χ1n) is 7.63. The van der Waals surface area contributed by atoms with Gasteiger partial charge < -0.3 is 9.47 Å². The maximum atomic E-state index is 13.7. The lowest BCUT2D eigenvalue weighted by molar-refractivity contribution is -0.397. The average molecular weight is 412 g/mol. The van der Waals surface area contributed by atoms with E-state index in [9.17, 15) is 39.5 Å². The van der Waals surface area contributed by atoms with Crippen LogP contribution in [-0.2, 0) is 16.5 Å². The van der Waals surface area contributed by atoms with Crippen LogP contribution in [0.3, 0.4) is 0 Å². The second kappa shape index (κ2) is 7.40. The monoisotopic (exact) mass is 412 g/mol.